The Morgan fingerprint density at radius 2 is 2.06 bits per heavy atom. The molecule has 0 bridgehead atoms. The van der Waals surface area contributed by atoms with E-state index < -0.39 is 0 Å². The molecule has 1 aliphatic rings. The van der Waals surface area contributed by atoms with Crippen LogP contribution in [0.1, 0.15) is 40.0 Å². The van der Waals surface area contributed by atoms with Gasteiger partial charge in [0.1, 0.15) is 0 Å². The smallest absolute Gasteiger partial charge is 0.151 e. The van der Waals surface area contributed by atoms with Crippen LogP contribution < -0.4 is 10.2 Å². The zero-order valence-electron chi connectivity index (χ0n) is 11.8. The molecule has 18 heavy (non-hydrogen) atoms. The molecule has 0 amide bonds. The molecule has 0 spiro atoms. The van der Waals surface area contributed by atoms with Crippen LogP contribution in [0.15, 0.2) is 18.3 Å². The monoisotopic (exact) mass is 247 g/mol. The van der Waals surface area contributed by atoms with Gasteiger partial charge in [-0.1, -0.05) is 20.3 Å². The van der Waals surface area contributed by atoms with Gasteiger partial charge in [0, 0.05) is 25.3 Å². The predicted molar refractivity (Wildman–Crippen MR) is 78.2 cm³/mol. The van der Waals surface area contributed by atoms with Gasteiger partial charge >= 0.3 is 0 Å². The van der Waals surface area contributed by atoms with Crippen molar-refractivity contribution in [3.8, 4) is 0 Å². The normalized spacial score (nSPS) is 18.7. The SMILES string of the molecule is CCC(C)C(C)Nc1cccnc1N1CCCC1. The Kier molecular flexibility index (Phi) is 4.45. The number of nitrogens with one attached hydrogen (secondary N) is 1. The lowest BCUT2D eigenvalue weighted by molar-refractivity contribution is 0.494. The molecule has 2 unspecified atom stereocenters. The molecule has 2 heterocycles. The van der Waals surface area contributed by atoms with E-state index in [1.54, 1.807) is 0 Å². The van der Waals surface area contributed by atoms with E-state index in [1.165, 1.54) is 24.9 Å². The summed E-state index contributed by atoms with van der Waals surface area (Å²) < 4.78 is 0. The average Bonchev–Trinajstić information content (AvgIpc) is 2.92. The van der Waals surface area contributed by atoms with Crippen molar-refractivity contribution in [3.63, 3.8) is 0 Å². The zero-order valence-corrected chi connectivity index (χ0v) is 11.8. The van der Waals surface area contributed by atoms with E-state index in [2.05, 4.69) is 42.0 Å². The largest absolute Gasteiger partial charge is 0.379 e. The lowest BCUT2D eigenvalue weighted by atomic mass is 10.0. The van der Waals surface area contributed by atoms with Crippen molar-refractivity contribution >= 4 is 11.5 Å². The summed E-state index contributed by atoms with van der Waals surface area (Å²) in [7, 11) is 0. The van der Waals surface area contributed by atoms with Gasteiger partial charge in [-0.3, -0.25) is 0 Å². The molecule has 2 rings (SSSR count). The third kappa shape index (κ3) is 2.95. The molecule has 0 aromatic carbocycles. The minimum Gasteiger partial charge on any atom is -0.379 e. The fraction of sp³-hybridized carbons (Fsp3) is 0.667. The third-order valence-corrected chi connectivity index (χ3v) is 4.07. The molecule has 0 saturated carbocycles. The highest BCUT2D eigenvalue weighted by Crippen LogP contribution is 2.27. The average molecular weight is 247 g/mol. The summed E-state index contributed by atoms with van der Waals surface area (Å²) >= 11 is 0. The molecule has 1 fully saturated rings. The Labute approximate surface area is 111 Å². The van der Waals surface area contributed by atoms with E-state index in [0.29, 0.717) is 12.0 Å². The molecule has 1 aromatic heterocycles. The Hall–Kier alpha value is -1.25. The number of aromatic nitrogens is 1. The summed E-state index contributed by atoms with van der Waals surface area (Å²) in [6.45, 7) is 9.08. The summed E-state index contributed by atoms with van der Waals surface area (Å²) in [5.41, 5.74) is 1.19. The Morgan fingerprint density at radius 3 is 2.72 bits per heavy atom. The third-order valence-electron chi connectivity index (χ3n) is 4.07. The second-order valence-corrected chi connectivity index (χ2v) is 5.39. The number of pyridine rings is 1. The van der Waals surface area contributed by atoms with Gasteiger partial charge in [0.15, 0.2) is 5.82 Å². The summed E-state index contributed by atoms with van der Waals surface area (Å²) in [6, 6.07) is 4.66. The standard InChI is InChI=1S/C15H25N3/c1-4-12(2)13(3)17-14-8-7-9-16-15(14)18-10-5-6-11-18/h7-9,12-13,17H,4-6,10-11H2,1-3H3. The van der Waals surface area contributed by atoms with Gasteiger partial charge in [0.2, 0.25) is 0 Å². The van der Waals surface area contributed by atoms with Gasteiger partial charge in [-0.2, -0.15) is 0 Å². The second kappa shape index (κ2) is 6.07. The topological polar surface area (TPSA) is 28.2 Å². The van der Waals surface area contributed by atoms with Gasteiger partial charge in [-0.15, -0.1) is 0 Å². The summed E-state index contributed by atoms with van der Waals surface area (Å²) in [6.07, 6.45) is 5.67. The number of hydrogen-bond acceptors (Lipinski definition) is 3. The first kappa shape index (κ1) is 13.2. The predicted octanol–water partition coefficient (Wildman–Crippen LogP) is 3.53. The minimum absolute atomic E-state index is 0.487. The van der Waals surface area contributed by atoms with Crippen molar-refractivity contribution < 1.29 is 0 Å². The van der Waals surface area contributed by atoms with Crippen molar-refractivity contribution in [2.45, 2.75) is 46.1 Å². The number of rotatable bonds is 5. The maximum absolute atomic E-state index is 4.56. The van der Waals surface area contributed by atoms with Gasteiger partial charge in [-0.05, 0) is 37.8 Å². The molecule has 1 N–H and O–H groups in total. The molecule has 100 valence electrons. The summed E-state index contributed by atoms with van der Waals surface area (Å²) in [4.78, 5) is 6.96. The van der Waals surface area contributed by atoms with Crippen LogP contribution in [0.4, 0.5) is 11.5 Å². The first-order valence-electron chi connectivity index (χ1n) is 7.19. The molecule has 0 aliphatic carbocycles. The minimum atomic E-state index is 0.487. The van der Waals surface area contributed by atoms with Crippen LogP contribution >= 0.6 is 0 Å². The zero-order chi connectivity index (χ0) is 13.0. The maximum atomic E-state index is 4.56. The Morgan fingerprint density at radius 1 is 1.33 bits per heavy atom. The van der Waals surface area contributed by atoms with Crippen LogP contribution in [-0.2, 0) is 0 Å². The molecule has 1 aromatic rings. The Bertz CT molecular complexity index is 372. The molecule has 1 aliphatic heterocycles. The molecule has 3 nitrogen and oxygen atoms in total. The van der Waals surface area contributed by atoms with Crippen LogP contribution in [0.2, 0.25) is 0 Å². The lowest BCUT2D eigenvalue weighted by Crippen LogP contribution is -2.26. The van der Waals surface area contributed by atoms with Crippen LogP contribution in [0.3, 0.4) is 0 Å². The van der Waals surface area contributed by atoms with E-state index in [4.69, 9.17) is 0 Å². The van der Waals surface area contributed by atoms with Crippen molar-refractivity contribution in [1.82, 2.24) is 4.98 Å². The van der Waals surface area contributed by atoms with Gasteiger partial charge in [0.25, 0.3) is 0 Å². The van der Waals surface area contributed by atoms with Crippen molar-refractivity contribution in [2.24, 2.45) is 5.92 Å². The molecule has 1 saturated heterocycles. The quantitative estimate of drug-likeness (QED) is 0.862. The van der Waals surface area contributed by atoms with Crippen molar-refractivity contribution in [3.05, 3.63) is 18.3 Å². The van der Waals surface area contributed by atoms with Gasteiger partial charge < -0.3 is 10.2 Å². The highest BCUT2D eigenvalue weighted by atomic mass is 15.2. The number of nitrogens with zero attached hydrogens (tertiary/aromatic N) is 2. The van der Waals surface area contributed by atoms with Crippen LogP contribution in [-0.4, -0.2) is 24.1 Å². The summed E-state index contributed by atoms with van der Waals surface area (Å²) in [5, 5.41) is 3.63. The number of hydrogen-bond donors (Lipinski definition) is 1. The maximum Gasteiger partial charge on any atom is 0.151 e. The molecular formula is C15H25N3. The van der Waals surface area contributed by atoms with Gasteiger partial charge in [0.05, 0.1) is 5.69 Å². The fourth-order valence-corrected chi connectivity index (χ4v) is 2.43. The Balaban J connectivity index is 2.12. The molecular weight excluding hydrogens is 222 g/mol. The van der Waals surface area contributed by atoms with Crippen LogP contribution in [0.25, 0.3) is 0 Å². The fourth-order valence-electron chi connectivity index (χ4n) is 2.43. The highest BCUT2D eigenvalue weighted by molar-refractivity contribution is 5.66. The first-order chi connectivity index (χ1) is 8.72. The van der Waals surface area contributed by atoms with Crippen molar-refractivity contribution in [2.75, 3.05) is 23.3 Å². The second-order valence-electron chi connectivity index (χ2n) is 5.39. The van der Waals surface area contributed by atoms with Crippen LogP contribution in [0.5, 0.6) is 0 Å². The first-order valence-corrected chi connectivity index (χ1v) is 7.19. The van der Waals surface area contributed by atoms with E-state index in [1.807, 2.05) is 12.3 Å². The lowest BCUT2D eigenvalue weighted by Gasteiger charge is -2.25. The highest BCUT2D eigenvalue weighted by Gasteiger charge is 2.18. The van der Waals surface area contributed by atoms with E-state index in [0.717, 1.165) is 18.9 Å². The van der Waals surface area contributed by atoms with Crippen molar-refractivity contribution in [1.29, 1.82) is 0 Å². The van der Waals surface area contributed by atoms with E-state index in [-0.39, 0.29) is 0 Å². The van der Waals surface area contributed by atoms with E-state index in [9.17, 15) is 0 Å². The summed E-state index contributed by atoms with van der Waals surface area (Å²) in [5.74, 6) is 1.81. The molecule has 3 heteroatoms. The number of anilines is 2. The van der Waals surface area contributed by atoms with E-state index >= 15 is 0 Å². The van der Waals surface area contributed by atoms with Gasteiger partial charge in [-0.25, -0.2) is 4.98 Å². The van der Waals surface area contributed by atoms with Crippen LogP contribution in [0, 0.1) is 5.92 Å². The molecule has 0 radical (unpaired) electrons. The molecule has 2 atom stereocenters.